The maximum atomic E-state index is 10.7. The van der Waals surface area contributed by atoms with Gasteiger partial charge in [-0.05, 0) is 18.9 Å². The third-order valence-corrected chi connectivity index (χ3v) is 3.29. The average Bonchev–Trinajstić information content (AvgIpc) is 2.26. The molecule has 0 aliphatic rings. The van der Waals surface area contributed by atoms with Gasteiger partial charge in [0.2, 0.25) is 10.0 Å². The molecule has 0 fully saturated rings. The molecule has 19 heavy (non-hydrogen) atoms. The molecular formula is C10H13ClN2O5S. The Labute approximate surface area is 115 Å². The largest absolute Gasteiger partial charge is 0.487 e. The zero-order valence-electron chi connectivity index (χ0n) is 9.91. The molecule has 0 aliphatic carbocycles. The number of hydrogen-bond donors (Lipinski definition) is 1. The molecule has 2 N–H and O–H groups in total. The molecule has 0 spiro atoms. The number of nitro benzene ring substituents is 1. The van der Waals surface area contributed by atoms with E-state index >= 15 is 0 Å². The number of nitrogens with zero attached hydrogens (tertiary/aromatic N) is 1. The van der Waals surface area contributed by atoms with E-state index < -0.39 is 14.9 Å². The molecule has 1 rings (SSSR count). The van der Waals surface area contributed by atoms with Gasteiger partial charge in [0.05, 0.1) is 17.3 Å². The molecule has 1 aromatic carbocycles. The van der Waals surface area contributed by atoms with Crippen molar-refractivity contribution < 1.29 is 18.1 Å². The van der Waals surface area contributed by atoms with Crippen molar-refractivity contribution in [3.63, 3.8) is 0 Å². The van der Waals surface area contributed by atoms with Crippen LogP contribution in [0.4, 0.5) is 5.69 Å². The van der Waals surface area contributed by atoms with Crippen LogP contribution < -0.4 is 9.88 Å². The van der Waals surface area contributed by atoms with Crippen LogP contribution in [0.15, 0.2) is 18.2 Å². The van der Waals surface area contributed by atoms with E-state index in [4.69, 9.17) is 21.5 Å². The summed E-state index contributed by atoms with van der Waals surface area (Å²) in [4.78, 5) is 10.2. The van der Waals surface area contributed by atoms with E-state index in [9.17, 15) is 18.5 Å². The minimum atomic E-state index is -3.48. The monoisotopic (exact) mass is 308 g/mol. The van der Waals surface area contributed by atoms with Gasteiger partial charge in [0.25, 0.3) is 0 Å². The lowest BCUT2D eigenvalue weighted by molar-refractivity contribution is -0.385. The Kier molecular flexibility index (Phi) is 5.52. The van der Waals surface area contributed by atoms with Crippen molar-refractivity contribution in [2.75, 3.05) is 12.4 Å². The first-order valence-corrected chi connectivity index (χ1v) is 7.46. The van der Waals surface area contributed by atoms with Crippen LogP contribution in [0.3, 0.4) is 0 Å². The fraction of sp³-hybridized carbons (Fsp3) is 0.400. The average molecular weight is 309 g/mol. The highest BCUT2D eigenvalue weighted by molar-refractivity contribution is 7.89. The van der Waals surface area contributed by atoms with Crippen molar-refractivity contribution in [2.24, 2.45) is 5.14 Å². The Morgan fingerprint density at radius 2 is 2.05 bits per heavy atom. The van der Waals surface area contributed by atoms with E-state index in [-0.39, 0.29) is 23.8 Å². The molecule has 106 valence electrons. The van der Waals surface area contributed by atoms with Crippen molar-refractivity contribution in [1.82, 2.24) is 0 Å². The SMILES string of the molecule is NS(=O)(=O)CCCCOc1cc(Cl)ccc1[N+](=O)[O-]. The molecular weight excluding hydrogens is 296 g/mol. The third kappa shape index (κ3) is 5.86. The van der Waals surface area contributed by atoms with Crippen LogP contribution in [0.2, 0.25) is 5.02 Å². The van der Waals surface area contributed by atoms with Crippen LogP contribution in [0.5, 0.6) is 5.75 Å². The second-order valence-electron chi connectivity index (χ2n) is 3.79. The summed E-state index contributed by atoms with van der Waals surface area (Å²) >= 11 is 5.72. The number of primary sulfonamides is 1. The second kappa shape index (κ2) is 6.69. The fourth-order valence-corrected chi connectivity index (χ4v) is 2.11. The van der Waals surface area contributed by atoms with Crippen molar-refractivity contribution >= 4 is 27.3 Å². The molecule has 1 aromatic rings. The van der Waals surface area contributed by atoms with E-state index in [0.29, 0.717) is 17.9 Å². The van der Waals surface area contributed by atoms with Gasteiger partial charge in [0, 0.05) is 17.2 Å². The Morgan fingerprint density at radius 3 is 2.63 bits per heavy atom. The minimum Gasteiger partial charge on any atom is -0.487 e. The smallest absolute Gasteiger partial charge is 0.311 e. The molecule has 0 unspecified atom stereocenters. The first-order chi connectivity index (χ1) is 8.79. The fourth-order valence-electron chi connectivity index (χ4n) is 1.34. The van der Waals surface area contributed by atoms with Crippen LogP contribution in [-0.2, 0) is 10.0 Å². The predicted molar refractivity (Wildman–Crippen MR) is 70.8 cm³/mol. The van der Waals surface area contributed by atoms with Gasteiger partial charge >= 0.3 is 5.69 Å². The Morgan fingerprint density at radius 1 is 1.37 bits per heavy atom. The first kappa shape index (κ1) is 15.7. The quantitative estimate of drug-likeness (QED) is 0.468. The minimum absolute atomic E-state index is 0.0631. The molecule has 0 aromatic heterocycles. The van der Waals surface area contributed by atoms with E-state index in [2.05, 4.69) is 0 Å². The topological polar surface area (TPSA) is 113 Å². The predicted octanol–water partition coefficient (Wildman–Crippen LogP) is 1.70. The number of unbranched alkanes of at least 4 members (excludes halogenated alkanes) is 1. The van der Waals surface area contributed by atoms with Crippen molar-refractivity contribution in [3.8, 4) is 5.75 Å². The van der Waals surface area contributed by atoms with E-state index in [1.165, 1.54) is 18.2 Å². The number of rotatable bonds is 7. The highest BCUT2D eigenvalue weighted by Gasteiger charge is 2.15. The molecule has 0 bridgehead atoms. The summed E-state index contributed by atoms with van der Waals surface area (Å²) in [6.07, 6.45) is 0.743. The van der Waals surface area contributed by atoms with Crippen molar-refractivity contribution in [1.29, 1.82) is 0 Å². The standard InChI is InChI=1S/C10H13ClN2O5S/c11-8-3-4-9(13(14)15)10(7-8)18-5-1-2-6-19(12,16)17/h3-4,7H,1-2,5-6H2,(H2,12,16,17). The number of halogens is 1. The van der Waals surface area contributed by atoms with Crippen LogP contribution in [0.1, 0.15) is 12.8 Å². The van der Waals surface area contributed by atoms with Crippen LogP contribution >= 0.6 is 11.6 Å². The number of sulfonamides is 1. The molecule has 9 heteroatoms. The normalized spacial score (nSPS) is 11.3. The Bertz CT molecular complexity index is 561. The zero-order chi connectivity index (χ0) is 14.5. The number of benzene rings is 1. The molecule has 0 radical (unpaired) electrons. The number of nitrogens with two attached hydrogens (primary N) is 1. The molecule has 0 aliphatic heterocycles. The summed E-state index contributed by atoms with van der Waals surface area (Å²) in [6, 6.07) is 3.99. The highest BCUT2D eigenvalue weighted by atomic mass is 35.5. The third-order valence-electron chi connectivity index (χ3n) is 2.20. The molecule has 0 atom stereocenters. The maximum Gasteiger partial charge on any atom is 0.311 e. The summed E-state index contributed by atoms with van der Waals surface area (Å²) in [5, 5.41) is 15.9. The summed E-state index contributed by atoms with van der Waals surface area (Å²) in [7, 11) is -3.48. The van der Waals surface area contributed by atoms with Gasteiger partial charge in [-0.1, -0.05) is 11.6 Å². The van der Waals surface area contributed by atoms with E-state index in [0.717, 1.165) is 0 Å². The maximum absolute atomic E-state index is 10.7. The number of nitro groups is 1. The van der Waals surface area contributed by atoms with Crippen molar-refractivity contribution in [2.45, 2.75) is 12.8 Å². The van der Waals surface area contributed by atoms with Crippen LogP contribution in [-0.4, -0.2) is 25.7 Å². The van der Waals surface area contributed by atoms with Gasteiger partial charge in [0.1, 0.15) is 0 Å². The number of ether oxygens (including phenoxy) is 1. The van der Waals surface area contributed by atoms with Gasteiger partial charge < -0.3 is 4.74 Å². The van der Waals surface area contributed by atoms with Gasteiger partial charge in [-0.2, -0.15) is 0 Å². The molecule has 0 saturated heterocycles. The Balaban J connectivity index is 2.53. The lowest BCUT2D eigenvalue weighted by atomic mass is 10.3. The second-order valence-corrected chi connectivity index (χ2v) is 5.96. The summed E-state index contributed by atoms with van der Waals surface area (Å²) in [6.45, 7) is 0.150. The van der Waals surface area contributed by atoms with E-state index in [1.807, 2.05) is 0 Å². The first-order valence-electron chi connectivity index (χ1n) is 5.37. The lowest BCUT2D eigenvalue weighted by Crippen LogP contribution is -2.16. The zero-order valence-corrected chi connectivity index (χ0v) is 11.5. The Hall–Kier alpha value is -1.38. The molecule has 0 amide bonds. The van der Waals surface area contributed by atoms with Gasteiger partial charge in [-0.25, -0.2) is 13.6 Å². The molecule has 7 nitrogen and oxygen atoms in total. The van der Waals surface area contributed by atoms with E-state index in [1.54, 1.807) is 0 Å². The summed E-state index contributed by atoms with van der Waals surface area (Å²) in [5.41, 5.74) is -0.184. The van der Waals surface area contributed by atoms with Crippen molar-refractivity contribution in [3.05, 3.63) is 33.3 Å². The number of hydrogen-bond acceptors (Lipinski definition) is 5. The lowest BCUT2D eigenvalue weighted by Gasteiger charge is -2.06. The van der Waals surface area contributed by atoms with Gasteiger partial charge in [-0.15, -0.1) is 0 Å². The van der Waals surface area contributed by atoms with Crippen LogP contribution in [0.25, 0.3) is 0 Å². The summed E-state index contributed by atoms with van der Waals surface area (Å²) < 4.78 is 26.6. The van der Waals surface area contributed by atoms with Gasteiger partial charge in [0.15, 0.2) is 5.75 Å². The molecule has 0 heterocycles. The highest BCUT2D eigenvalue weighted by Crippen LogP contribution is 2.29. The van der Waals surface area contributed by atoms with Gasteiger partial charge in [-0.3, -0.25) is 10.1 Å². The summed E-state index contributed by atoms with van der Waals surface area (Å²) in [5.74, 6) is -0.0818. The molecule has 0 saturated carbocycles. The van der Waals surface area contributed by atoms with Crippen LogP contribution in [0, 0.1) is 10.1 Å².